The number of hydrazone groups is 1. The molecule has 208 valence electrons. The first-order valence-corrected chi connectivity index (χ1v) is 13.5. The van der Waals surface area contributed by atoms with Crippen LogP contribution in [0.15, 0.2) is 51.9 Å². The average molecular weight is 587 g/mol. The van der Waals surface area contributed by atoms with Crippen LogP contribution in [0.3, 0.4) is 0 Å². The number of amides is 1. The molecule has 39 heavy (non-hydrogen) atoms. The van der Waals surface area contributed by atoms with Crippen LogP contribution in [-0.2, 0) is 23.3 Å². The van der Waals surface area contributed by atoms with Crippen LogP contribution in [-0.4, -0.2) is 69.1 Å². The van der Waals surface area contributed by atoms with Crippen molar-refractivity contribution in [2.45, 2.75) is 18.1 Å². The van der Waals surface area contributed by atoms with Crippen molar-refractivity contribution in [1.82, 2.24) is 4.98 Å². The number of amidine groups is 1. The Morgan fingerprint density at radius 1 is 1.38 bits per heavy atom. The smallest absolute Gasteiger partial charge is 0.440 e. The van der Waals surface area contributed by atoms with Crippen LogP contribution >= 0.6 is 15.6 Å². The molecule has 19 heteroatoms. The third-order valence-corrected chi connectivity index (χ3v) is 8.59. The molecule has 0 radical (unpaired) electrons. The van der Waals surface area contributed by atoms with Crippen molar-refractivity contribution in [3.63, 3.8) is 0 Å². The number of ether oxygens (including phenoxy) is 3. The Kier molecular flexibility index (Phi) is 9.04. The summed E-state index contributed by atoms with van der Waals surface area (Å²) >= 11 is 0. The monoisotopic (exact) mass is 587 g/mol. The van der Waals surface area contributed by atoms with Gasteiger partial charge in [-0.2, -0.15) is 15.1 Å². The maximum absolute atomic E-state index is 15.0. The van der Waals surface area contributed by atoms with Crippen molar-refractivity contribution in [3.05, 3.63) is 48.0 Å². The number of azo groups is 1. The van der Waals surface area contributed by atoms with Gasteiger partial charge in [-0.05, 0) is 28.8 Å². The topological polar surface area (TPSA) is 236 Å². The van der Waals surface area contributed by atoms with Gasteiger partial charge < -0.3 is 29.8 Å². The zero-order valence-electron chi connectivity index (χ0n) is 20.2. The Morgan fingerprint density at radius 3 is 2.64 bits per heavy atom. The number of hydrogen-bond acceptors (Lipinski definition) is 11. The van der Waals surface area contributed by atoms with E-state index in [9.17, 15) is 32.9 Å². The molecule has 0 saturated carbocycles. The molecule has 2 unspecified atom stereocenters. The van der Waals surface area contributed by atoms with E-state index in [1.54, 1.807) is 6.07 Å². The summed E-state index contributed by atoms with van der Waals surface area (Å²) in [6.07, 6.45) is -2.24. The van der Waals surface area contributed by atoms with Gasteiger partial charge in [0.25, 0.3) is 0 Å². The summed E-state index contributed by atoms with van der Waals surface area (Å²) in [5.74, 6) is 4.65. The summed E-state index contributed by atoms with van der Waals surface area (Å²) in [7, 11) is -7.57. The Bertz CT molecular complexity index is 1390. The first-order chi connectivity index (χ1) is 18.3. The van der Waals surface area contributed by atoms with E-state index in [1.165, 1.54) is 31.4 Å². The minimum absolute atomic E-state index is 0.0823. The summed E-state index contributed by atoms with van der Waals surface area (Å²) in [6.45, 7) is -0.235. The molecule has 16 nitrogen and oxygen atoms in total. The summed E-state index contributed by atoms with van der Waals surface area (Å²) in [6, 6.07) is 7.05. The summed E-state index contributed by atoms with van der Waals surface area (Å²) < 4.78 is 51.9. The van der Waals surface area contributed by atoms with Gasteiger partial charge in [0.2, 0.25) is 5.84 Å². The molecular formula is C20H22FN6O10P2+. The number of nitrogens with two attached hydrogens (primary N) is 1. The molecule has 2 heterocycles. The maximum Gasteiger partial charge on any atom is 0.567 e. The van der Waals surface area contributed by atoms with Gasteiger partial charge in [-0.15, -0.1) is 5.11 Å². The number of carbonyl (C=O) groups excluding carboxylic acids is 2. The van der Waals surface area contributed by atoms with Crippen LogP contribution in [0.25, 0.3) is 11.1 Å². The van der Waals surface area contributed by atoms with Crippen LogP contribution in [0.5, 0.6) is 0 Å². The minimum atomic E-state index is -5.36. The fourth-order valence-electron chi connectivity index (χ4n) is 3.21. The fraction of sp³-hybridized carbons (Fsp3) is 0.300. The second kappa shape index (κ2) is 11.9. The van der Waals surface area contributed by atoms with E-state index in [2.05, 4.69) is 25.1 Å². The Balaban J connectivity index is 1.66. The molecule has 3 rings (SSSR count). The van der Waals surface area contributed by atoms with E-state index in [1.807, 2.05) is 0 Å². The van der Waals surface area contributed by atoms with Crippen LogP contribution in [0.4, 0.5) is 19.7 Å². The van der Waals surface area contributed by atoms with Crippen molar-refractivity contribution < 1.29 is 52.0 Å². The van der Waals surface area contributed by atoms with Crippen molar-refractivity contribution in [2.75, 3.05) is 25.1 Å². The molecule has 3 atom stereocenters. The highest BCUT2D eigenvalue weighted by molar-refractivity contribution is 7.66. The number of cyclic esters (lactones) is 1. The van der Waals surface area contributed by atoms with Gasteiger partial charge in [0.05, 0.1) is 12.2 Å². The molecule has 1 aliphatic heterocycles. The molecule has 1 fully saturated rings. The van der Waals surface area contributed by atoms with Gasteiger partial charge in [-0.1, -0.05) is 6.07 Å². The highest BCUT2D eigenvalue weighted by Gasteiger charge is 2.64. The van der Waals surface area contributed by atoms with Gasteiger partial charge in [0, 0.05) is 31.3 Å². The molecule has 5 N–H and O–H groups in total. The average Bonchev–Trinajstić information content (AvgIpc) is 3.25. The van der Waals surface area contributed by atoms with Crippen LogP contribution in [0.1, 0.15) is 12.6 Å². The lowest BCUT2D eigenvalue weighted by Gasteiger charge is -2.18. The lowest BCUT2D eigenvalue weighted by atomic mass is 10.1. The number of halogens is 1. The Hall–Kier alpha value is -3.88. The zero-order valence-corrected chi connectivity index (χ0v) is 22.0. The van der Waals surface area contributed by atoms with E-state index in [0.29, 0.717) is 18.2 Å². The minimum Gasteiger partial charge on any atom is -0.440 e. The second-order valence-electron chi connectivity index (χ2n) is 7.88. The normalized spacial score (nSPS) is 18.1. The van der Waals surface area contributed by atoms with Gasteiger partial charge in [0.15, 0.2) is 6.10 Å². The number of aromatic nitrogens is 1. The van der Waals surface area contributed by atoms with Crippen molar-refractivity contribution in [1.29, 1.82) is 0 Å². The standard InChI is InChI=1S/C20H21FN6O10P2/c1-20(38(30)31,39(32,33)34)37-19(29)35-10-13-9-27(18(28)36-13)12-4-5-14(15(21)7-12)11-3-6-16(24-8-11)17(25-22)26-23-2/h3-8,13H,9-10H2,1-2H3,(H4-,22,23,24,30,31,32,33,34)/p+1/t13-,20?/m1/s1. The molecule has 0 aliphatic carbocycles. The molecule has 1 aromatic heterocycles. The van der Waals surface area contributed by atoms with E-state index in [4.69, 9.17) is 20.2 Å². The molecular weight excluding hydrogens is 565 g/mol. The predicted molar refractivity (Wildman–Crippen MR) is 131 cm³/mol. The highest BCUT2D eigenvalue weighted by Crippen LogP contribution is 2.62. The summed E-state index contributed by atoms with van der Waals surface area (Å²) in [5, 5.41) is 7.75. The lowest BCUT2D eigenvalue weighted by molar-refractivity contribution is 0.00627. The van der Waals surface area contributed by atoms with Crippen LogP contribution in [0.2, 0.25) is 0 Å². The largest absolute Gasteiger partial charge is 0.567 e. The van der Waals surface area contributed by atoms with Gasteiger partial charge in [-0.3, -0.25) is 14.4 Å². The van der Waals surface area contributed by atoms with Gasteiger partial charge >= 0.3 is 33.0 Å². The first-order valence-electron chi connectivity index (χ1n) is 10.7. The molecule has 1 saturated heterocycles. The number of pyridine rings is 1. The lowest BCUT2D eigenvalue weighted by Crippen LogP contribution is -2.31. The number of nitrogens with zero attached hydrogens (tertiary/aromatic N) is 5. The zero-order chi connectivity index (χ0) is 29.0. The highest BCUT2D eigenvalue weighted by atomic mass is 31.2. The van der Waals surface area contributed by atoms with E-state index in [0.717, 1.165) is 11.0 Å². The molecule has 1 amide bonds. The van der Waals surface area contributed by atoms with Crippen molar-refractivity contribution >= 4 is 39.4 Å². The summed E-state index contributed by atoms with van der Waals surface area (Å²) in [4.78, 5) is 57.0. The number of rotatable bonds is 8. The molecule has 2 aromatic rings. The number of benzene rings is 1. The van der Waals surface area contributed by atoms with Crippen LogP contribution < -0.4 is 10.7 Å². The van der Waals surface area contributed by atoms with Crippen molar-refractivity contribution in [2.24, 2.45) is 21.2 Å². The van der Waals surface area contributed by atoms with Crippen LogP contribution in [0, 0.1) is 5.82 Å². The number of carbonyl (C=O) groups is 2. The molecule has 0 bridgehead atoms. The van der Waals surface area contributed by atoms with Crippen molar-refractivity contribution in [3.8, 4) is 11.1 Å². The van der Waals surface area contributed by atoms with E-state index in [-0.39, 0.29) is 23.6 Å². The maximum atomic E-state index is 15.0. The number of hydrogen-bond donors (Lipinski definition) is 4. The molecule has 0 spiro atoms. The first kappa shape index (κ1) is 29.7. The third-order valence-electron chi connectivity index (χ3n) is 5.32. The molecule has 1 aromatic carbocycles. The van der Waals surface area contributed by atoms with E-state index < -0.39 is 51.5 Å². The Morgan fingerprint density at radius 2 is 2.10 bits per heavy atom. The Labute approximate surface area is 220 Å². The van der Waals surface area contributed by atoms with Gasteiger partial charge in [-0.25, -0.2) is 14.0 Å². The quantitative estimate of drug-likeness (QED) is 0.0663. The predicted octanol–water partition coefficient (Wildman–Crippen LogP) is 2.65. The molecule has 1 aliphatic rings. The second-order valence-corrected chi connectivity index (χ2v) is 11.6. The SMILES string of the molecule is CN=NC(=NN)c1ccc(-c2ccc(N3C[C@H](COC(=O)OC(C)([P+](=O)O)P(=O)(O)O)OC3=O)cc2F)cn1. The number of anilines is 1. The summed E-state index contributed by atoms with van der Waals surface area (Å²) in [5.41, 5.74) is 1.03. The fourth-order valence-corrected chi connectivity index (χ4v) is 4.44. The van der Waals surface area contributed by atoms with Gasteiger partial charge in [0.1, 0.15) is 18.1 Å². The van der Waals surface area contributed by atoms with E-state index >= 15 is 0 Å². The third kappa shape index (κ3) is 6.58.